The van der Waals surface area contributed by atoms with Crippen LogP contribution in [0.1, 0.15) is 57.6 Å². The van der Waals surface area contributed by atoms with E-state index in [-0.39, 0.29) is 6.07 Å². The summed E-state index contributed by atoms with van der Waals surface area (Å²) in [6.07, 6.45) is -8.82. The maximum atomic E-state index is 13.0. The van der Waals surface area contributed by atoms with Crippen molar-refractivity contribution in [1.82, 2.24) is 5.32 Å². The molecule has 0 bridgehead atoms. The number of carbonyl (C=O) groups is 2. The molecule has 1 aliphatic rings. The standard InChI is InChI=1S/C22H19F6NO3/c1-11(20(31)32)6-12-2-4-17-13(7-12)3-5-18(17)29-19(30)14-8-15(21(23,24)25)10-16(9-14)22(26,27)28/h2,4,7-11,18H,3,5-6H2,1H3,(H,29,30)(H,31,32). The molecule has 0 radical (unpaired) electrons. The molecular weight excluding hydrogens is 440 g/mol. The normalized spacial score (nSPS) is 17.0. The Morgan fingerprint density at radius 3 is 2.16 bits per heavy atom. The number of aliphatic carboxylic acids is 1. The zero-order chi connectivity index (χ0) is 23.8. The molecule has 0 saturated heterocycles. The lowest BCUT2D eigenvalue weighted by Gasteiger charge is -2.17. The second kappa shape index (κ2) is 8.48. The molecule has 32 heavy (non-hydrogen) atoms. The van der Waals surface area contributed by atoms with Gasteiger partial charge in [0.15, 0.2) is 0 Å². The molecule has 2 aromatic rings. The van der Waals surface area contributed by atoms with Gasteiger partial charge in [-0.05, 0) is 54.2 Å². The van der Waals surface area contributed by atoms with Gasteiger partial charge in [-0.2, -0.15) is 26.3 Å². The van der Waals surface area contributed by atoms with Crippen LogP contribution in [-0.2, 0) is 30.0 Å². The molecule has 0 fully saturated rings. The number of carbonyl (C=O) groups excluding carboxylic acids is 1. The third kappa shape index (κ3) is 5.23. The third-order valence-corrected chi connectivity index (χ3v) is 5.40. The van der Waals surface area contributed by atoms with Crippen LogP contribution in [0.25, 0.3) is 0 Å². The van der Waals surface area contributed by atoms with Crippen molar-refractivity contribution in [3.63, 3.8) is 0 Å². The van der Waals surface area contributed by atoms with Crippen molar-refractivity contribution in [3.05, 3.63) is 69.8 Å². The van der Waals surface area contributed by atoms with Crippen LogP contribution >= 0.6 is 0 Å². The van der Waals surface area contributed by atoms with E-state index in [1.807, 2.05) is 6.07 Å². The van der Waals surface area contributed by atoms with Crippen LogP contribution in [0.3, 0.4) is 0 Å². The lowest BCUT2D eigenvalue weighted by molar-refractivity contribution is -0.143. The summed E-state index contributed by atoms with van der Waals surface area (Å²) in [6.45, 7) is 1.57. The number of benzene rings is 2. The van der Waals surface area contributed by atoms with Crippen LogP contribution < -0.4 is 5.32 Å². The first-order valence-corrected chi connectivity index (χ1v) is 9.70. The van der Waals surface area contributed by atoms with E-state index in [0.717, 1.165) is 11.1 Å². The summed E-state index contributed by atoms with van der Waals surface area (Å²) in [5, 5.41) is 11.6. The molecular formula is C22H19F6NO3. The van der Waals surface area contributed by atoms with Gasteiger partial charge in [0.05, 0.1) is 23.1 Å². The number of aryl methyl sites for hydroxylation is 1. The maximum Gasteiger partial charge on any atom is 0.416 e. The van der Waals surface area contributed by atoms with E-state index in [1.54, 1.807) is 19.1 Å². The largest absolute Gasteiger partial charge is 0.481 e. The van der Waals surface area contributed by atoms with Crippen LogP contribution in [-0.4, -0.2) is 17.0 Å². The van der Waals surface area contributed by atoms with Crippen molar-refractivity contribution in [2.24, 2.45) is 5.92 Å². The van der Waals surface area contributed by atoms with E-state index >= 15 is 0 Å². The summed E-state index contributed by atoms with van der Waals surface area (Å²) < 4.78 is 78.3. The van der Waals surface area contributed by atoms with Gasteiger partial charge in [-0.3, -0.25) is 9.59 Å². The van der Waals surface area contributed by atoms with Gasteiger partial charge in [-0.1, -0.05) is 25.1 Å². The molecule has 0 heterocycles. The number of carboxylic acids is 1. The molecule has 1 amide bonds. The van der Waals surface area contributed by atoms with Gasteiger partial charge in [-0.25, -0.2) is 0 Å². The fraction of sp³-hybridized carbons (Fsp3) is 0.364. The molecule has 2 N–H and O–H groups in total. The zero-order valence-electron chi connectivity index (χ0n) is 16.8. The van der Waals surface area contributed by atoms with Gasteiger partial charge in [0.25, 0.3) is 5.91 Å². The summed E-state index contributed by atoms with van der Waals surface area (Å²) in [6, 6.07) is 5.41. The number of amides is 1. The van der Waals surface area contributed by atoms with Crippen molar-refractivity contribution >= 4 is 11.9 Å². The second-order valence-electron chi connectivity index (χ2n) is 7.84. The number of carboxylic acid groups (broad SMARTS) is 1. The Hall–Kier alpha value is -3.04. The first kappa shape index (κ1) is 23.6. The Balaban J connectivity index is 1.83. The van der Waals surface area contributed by atoms with Crippen LogP contribution in [0.4, 0.5) is 26.3 Å². The topological polar surface area (TPSA) is 66.4 Å². The fourth-order valence-corrected chi connectivity index (χ4v) is 3.72. The Kier molecular flexibility index (Phi) is 6.26. The summed E-state index contributed by atoms with van der Waals surface area (Å²) in [7, 11) is 0. The zero-order valence-corrected chi connectivity index (χ0v) is 16.8. The number of hydrogen-bond acceptors (Lipinski definition) is 2. The number of alkyl halides is 6. The van der Waals surface area contributed by atoms with E-state index in [2.05, 4.69) is 5.32 Å². The van der Waals surface area contributed by atoms with E-state index < -0.39 is 52.9 Å². The molecule has 10 heteroatoms. The summed E-state index contributed by atoms with van der Waals surface area (Å²) in [4.78, 5) is 23.6. The lowest BCUT2D eigenvalue weighted by atomic mass is 9.97. The number of rotatable bonds is 5. The number of hydrogen-bond donors (Lipinski definition) is 2. The minimum absolute atomic E-state index is 0.0265. The Morgan fingerprint density at radius 1 is 1.03 bits per heavy atom. The smallest absolute Gasteiger partial charge is 0.416 e. The molecule has 172 valence electrons. The Labute approximate surface area is 179 Å². The second-order valence-corrected chi connectivity index (χ2v) is 7.84. The molecule has 2 aromatic carbocycles. The lowest BCUT2D eigenvalue weighted by Crippen LogP contribution is -2.28. The quantitative estimate of drug-likeness (QED) is 0.588. The van der Waals surface area contributed by atoms with Crippen LogP contribution in [0.15, 0.2) is 36.4 Å². The molecule has 3 rings (SSSR count). The first-order chi connectivity index (χ1) is 14.8. The molecule has 0 aromatic heterocycles. The van der Waals surface area contributed by atoms with Crippen LogP contribution in [0, 0.1) is 5.92 Å². The first-order valence-electron chi connectivity index (χ1n) is 9.70. The highest BCUT2D eigenvalue weighted by Crippen LogP contribution is 2.37. The van der Waals surface area contributed by atoms with Crippen molar-refractivity contribution in [1.29, 1.82) is 0 Å². The molecule has 4 nitrogen and oxygen atoms in total. The van der Waals surface area contributed by atoms with E-state index in [4.69, 9.17) is 5.11 Å². The molecule has 1 aliphatic carbocycles. The maximum absolute atomic E-state index is 13.0. The number of nitrogens with one attached hydrogen (secondary N) is 1. The molecule has 2 atom stereocenters. The van der Waals surface area contributed by atoms with E-state index in [9.17, 15) is 35.9 Å². The summed E-state index contributed by atoms with van der Waals surface area (Å²) in [5.41, 5.74) is -1.49. The van der Waals surface area contributed by atoms with E-state index in [1.165, 1.54) is 0 Å². The van der Waals surface area contributed by atoms with Crippen molar-refractivity contribution < 1.29 is 41.0 Å². The number of fused-ring (bicyclic) bond motifs is 1. The monoisotopic (exact) mass is 459 g/mol. The summed E-state index contributed by atoms with van der Waals surface area (Å²) >= 11 is 0. The molecule has 0 saturated carbocycles. The number of halogens is 6. The molecule has 2 unspecified atom stereocenters. The van der Waals surface area contributed by atoms with Crippen molar-refractivity contribution in [2.45, 2.75) is 44.6 Å². The van der Waals surface area contributed by atoms with Crippen LogP contribution in [0.5, 0.6) is 0 Å². The van der Waals surface area contributed by atoms with Gasteiger partial charge in [0.1, 0.15) is 0 Å². The highest BCUT2D eigenvalue weighted by molar-refractivity contribution is 5.95. The minimum atomic E-state index is -5.04. The average Bonchev–Trinajstić information content (AvgIpc) is 3.08. The van der Waals surface area contributed by atoms with Gasteiger partial charge in [0, 0.05) is 5.56 Å². The highest BCUT2D eigenvalue weighted by Gasteiger charge is 2.38. The van der Waals surface area contributed by atoms with E-state index in [0.29, 0.717) is 37.0 Å². The molecule has 0 spiro atoms. The SMILES string of the molecule is CC(Cc1ccc2c(c1)CCC2NC(=O)c1cc(C(F)(F)F)cc(C(F)(F)F)c1)C(=O)O. The summed E-state index contributed by atoms with van der Waals surface area (Å²) in [5.74, 6) is -2.56. The van der Waals surface area contributed by atoms with Gasteiger partial charge < -0.3 is 10.4 Å². The van der Waals surface area contributed by atoms with Crippen molar-refractivity contribution in [2.75, 3.05) is 0 Å². The van der Waals surface area contributed by atoms with Crippen molar-refractivity contribution in [3.8, 4) is 0 Å². The van der Waals surface area contributed by atoms with Crippen LogP contribution in [0.2, 0.25) is 0 Å². The third-order valence-electron chi connectivity index (χ3n) is 5.40. The average molecular weight is 459 g/mol. The predicted molar refractivity (Wildman–Crippen MR) is 102 cm³/mol. The fourth-order valence-electron chi connectivity index (χ4n) is 3.72. The highest BCUT2D eigenvalue weighted by atomic mass is 19.4. The molecule has 0 aliphatic heterocycles. The minimum Gasteiger partial charge on any atom is -0.481 e. The predicted octanol–water partition coefficient (Wildman–Crippen LogP) is 5.40. The van der Waals surface area contributed by atoms with Gasteiger partial charge in [-0.15, -0.1) is 0 Å². The Bertz CT molecular complexity index is 1010. The van der Waals surface area contributed by atoms with Gasteiger partial charge >= 0.3 is 18.3 Å². The van der Waals surface area contributed by atoms with Gasteiger partial charge in [0.2, 0.25) is 0 Å². The Morgan fingerprint density at radius 2 is 1.62 bits per heavy atom.